The Morgan fingerprint density at radius 3 is 2.25 bits per heavy atom. The van der Waals surface area contributed by atoms with E-state index in [4.69, 9.17) is 5.73 Å². The second-order valence-corrected chi connectivity index (χ2v) is 6.23. The Morgan fingerprint density at radius 2 is 1.70 bits per heavy atom. The zero-order valence-electron chi connectivity index (χ0n) is 12.4. The number of piperidine rings is 1. The zero-order valence-corrected chi connectivity index (χ0v) is 12.4. The van der Waals surface area contributed by atoms with E-state index in [0.717, 1.165) is 25.7 Å². The highest BCUT2D eigenvalue weighted by Gasteiger charge is 2.27. The normalized spacial score (nSPS) is 23.4. The molecule has 2 aliphatic rings. The van der Waals surface area contributed by atoms with Gasteiger partial charge in [-0.05, 0) is 32.6 Å². The van der Waals surface area contributed by atoms with Gasteiger partial charge in [0.25, 0.3) is 0 Å². The molecule has 0 aromatic carbocycles. The monoisotopic (exact) mass is 281 g/mol. The number of nitrogens with two attached hydrogens (primary N) is 1. The van der Waals surface area contributed by atoms with E-state index in [9.17, 15) is 9.59 Å². The van der Waals surface area contributed by atoms with Gasteiger partial charge in [0.1, 0.15) is 0 Å². The van der Waals surface area contributed by atoms with Crippen LogP contribution in [0.25, 0.3) is 0 Å². The lowest BCUT2D eigenvalue weighted by Crippen LogP contribution is -2.51. The molecule has 1 saturated carbocycles. The van der Waals surface area contributed by atoms with Crippen molar-refractivity contribution in [2.75, 3.05) is 13.1 Å². The number of nitrogens with one attached hydrogen (secondary N) is 1. The van der Waals surface area contributed by atoms with Crippen molar-refractivity contribution in [1.82, 2.24) is 10.2 Å². The third-order valence-corrected chi connectivity index (χ3v) is 4.52. The highest BCUT2D eigenvalue weighted by atomic mass is 16.2. The average Bonchev–Trinajstić information content (AvgIpc) is 2.48. The molecule has 2 fully saturated rings. The van der Waals surface area contributed by atoms with E-state index in [1.165, 1.54) is 19.3 Å². The predicted octanol–water partition coefficient (Wildman–Crippen LogP) is 1.02. The average molecular weight is 281 g/mol. The van der Waals surface area contributed by atoms with Gasteiger partial charge in [-0.1, -0.05) is 19.3 Å². The summed E-state index contributed by atoms with van der Waals surface area (Å²) in [7, 11) is 0. The van der Waals surface area contributed by atoms with Crippen molar-refractivity contribution in [1.29, 1.82) is 0 Å². The predicted molar refractivity (Wildman–Crippen MR) is 78.0 cm³/mol. The molecule has 0 bridgehead atoms. The molecule has 2 amide bonds. The molecule has 3 N–H and O–H groups in total. The molecular formula is C15H27N3O2. The van der Waals surface area contributed by atoms with Crippen molar-refractivity contribution in [2.45, 2.75) is 64.0 Å². The lowest BCUT2D eigenvalue weighted by Gasteiger charge is -2.34. The molecule has 0 spiro atoms. The number of rotatable bonds is 3. The van der Waals surface area contributed by atoms with Gasteiger partial charge in [-0.2, -0.15) is 0 Å². The number of carbonyl (C=O) groups excluding carboxylic acids is 2. The van der Waals surface area contributed by atoms with Crippen molar-refractivity contribution in [3.63, 3.8) is 0 Å². The van der Waals surface area contributed by atoms with Gasteiger partial charge in [-0.15, -0.1) is 0 Å². The minimum Gasteiger partial charge on any atom is -0.353 e. The lowest BCUT2D eigenvalue weighted by atomic mass is 9.88. The molecule has 1 aliphatic carbocycles. The van der Waals surface area contributed by atoms with Gasteiger partial charge in [0.05, 0.1) is 6.04 Å². The summed E-state index contributed by atoms with van der Waals surface area (Å²) < 4.78 is 0. The number of hydrogen-bond acceptors (Lipinski definition) is 3. The molecule has 5 nitrogen and oxygen atoms in total. The summed E-state index contributed by atoms with van der Waals surface area (Å²) in [6, 6.07) is -0.204. The number of carbonyl (C=O) groups is 2. The number of nitrogens with zero attached hydrogens (tertiary/aromatic N) is 1. The first kappa shape index (κ1) is 15.3. The maximum Gasteiger partial charge on any atom is 0.239 e. The van der Waals surface area contributed by atoms with Crippen LogP contribution in [0.5, 0.6) is 0 Å². The fourth-order valence-corrected chi connectivity index (χ4v) is 3.22. The summed E-state index contributed by atoms with van der Waals surface area (Å²) in [5, 5.41) is 3.17. The van der Waals surface area contributed by atoms with E-state index < -0.39 is 6.04 Å². The summed E-state index contributed by atoms with van der Waals surface area (Å²) in [6.07, 6.45) is 7.38. The summed E-state index contributed by atoms with van der Waals surface area (Å²) in [5.74, 6) is 0.455. The molecule has 5 heteroatoms. The fraction of sp³-hybridized carbons (Fsp3) is 0.867. The summed E-state index contributed by atoms with van der Waals surface area (Å²) >= 11 is 0. The third-order valence-electron chi connectivity index (χ3n) is 4.52. The van der Waals surface area contributed by atoms with Gasteiger partial charge < -0.3 is 16.0 Å². The van der Waals surface area contributed by atoms with Crippen LogP contribution in [0.15, 0.2) is 0 Å². The summed E-state index contributed by atoms with van der Waals surface area (Å²) in [4.78, 5) is 25.8. The quantitative estimate of drug-likeness (QED) is 0.811. The van der Waals surface area contributed by atoms with E-state index in [1.807, 2.05) is 4.90 Å². The Balaban J connectivity index is 1.73. The largest absolute Gasteiger partial charge is 0.353 e. The van der Waals surface area contributed by atoms with Crippen LogP contribution >= 0.6 is 0 Å². The van der Waals surface area contributed by atoms with Crippen LogP contribution in [0.2, 0.25) is 0 Å². The smallest absolute Gasteiger partial charge is 0.239 e. The molecule has 1 heterocycles. The van der Waals surface area contributed by atoms with E-state index >= 15 is 0 Å². The molecule has 0 unspecified atom stereocenters. The van der Waals surface area contributed by atoms with Crippen LogP contribution in [-0.2, 0) is 9.59 Å². The van der Waals surface area contributed by atoms with E-state index in [1.54, 1.807) is 6.92 Å². The van der Waals surface area contributed by atoms with Gasteiger partial charge in [-0.3, -0.25) is 9.59 Å². The standard InChI is InChI=1S/C15H27N3O2/c1-11(16)15(20)18-9-7-13(8-10-18)17-14(19)12-5-3-2-4-6-12/h11-13H,2-10,16H2,1H3,(H,17,19)/t11-/m1/s1. The van der Waals surface area contributed by atoms with Crippen LogP contribution in [0.3, 0.4) is 0 Å². The third kappa shape index (κ3) is 3.95. The highest BCUT2D eigenvalue weighted by Crippen LogP contribution is 2.24. The first-order valence-electron chi connectivity index (χ1n) is 7.92. The Hall–Kier alpha value is -1.10. The van der Waals surface area contributed by atoms with Gasteiger partial charge in [-0.25, -0.2) is 0 Å². The summed E-state index contributed by atoms with van der Waals surface area (Å²) in [6.45, 7) is 3.13. The highest BCUT2D eigenvalue weighted by molar-refractivity contribution is 5.81. The molecule has 0 aromatic heterocycles. The zero-order chi connectivity index (χ0) is 14.5. The van der Waals surface area contributed by atoms with Crippen LogP contribution in [0.1, 0.15) is 51.9 Å². The van der Waals surface area contributed by atoms with E-state index in [-0.39, 0.29) is 23.8 Å². The maximum absolute atomic E-state index is 12.2. The Morgan fingerprint density at radius 1 is 1.10 bits per heavy atom. The lowest BCUT2D eigenvalue weighted by molar-refractivity contribution is -0.133. The number of amides is 2. The van der Waals surface area contributed by atoms with Gasteiger partial charge >= 0.3 is 0 Å². The van der Waals surface area contributed by atoms with Crippen molar-refractivity contribution in [3.05, 3.63) is 0 Å². The Kier molecular flexibility index (Phi) is 5.40. The van der Waals surface area contributed by atoms with Crippen LogP contribution in [0, 0.1) is 5.92 Å². The molecule has 114 valence electrons. The maximum atomic E-state index is 12.2. The Bertz CT molecular complexity index is 343. The number of likely N-dealkylation sites (tertiary alicyclic amines) is 1. The van der Waals surface area contributed by atoms with Crippen LogP contribution in [-0.4, -0.2) is 41.9 Å². The number of hydrogen-bond donors (Lipinski definition) is 2. The molecule has 1 aliphatic heterocycles. The van der Waals surface area contributed by atoms with Crippen LogP contribution in [0.4, 0.5) is 0 Å². The fourth-order valence-electron chi connectivity index (χ4n) is 3.22. The van der Waals surface area contributed by atoms with Gasteiger partial charge in [0.2, 0.25) is 11.8 Å². The van der Waals surface area contributed by atoms with Crippen LogP contribution < -0.4 is 11.1 Å². The van der Waals surface area contributed by atoms with Crippen molar-refractivity contribution in [2.24, 2.45) is 11.7 Å². The topological polar surface area (TPSA) is 75.4 Å². The molecule has 0 radical (unpaired) electrons. The molecule has 0 aromatic rings. The second kappa shape index (κ2) is 7.07. The summed E-state index contributed by atoms with van der Waals surface area (Å²) in [5.41, 5.74) is 5.62. The first-order valence-corrected chi connectivity index (χ1v) is 7.92. The molecule has 20 heavy (non-hydrogen) atoms. The first-order chi connectivity index (χ1) is 9.58. The van der Waals surface area contributed by atoms with E-state index in [0.29, 0.717) is 13.1 Å². The minimum absolute atomic E-state index is 0.0158. The van der Waals surface area contributed by atoms with Crippen molar-refractivity contribution in [3.8, 4) is 0 Å². The molecular weight excluding hydrogens is 254 g/mol. The Labute approximate surface area is 121 Å². The molecule has 1 saturated heterocycles. The van der Waals surface area contributed by atoms with E-state index in [2.05, 4.69) is 5.32 Å². The molecule has 2 rings (SSSR count). The van der Waals surface area contributed by atoms with Gasteiger partial charge in [0, 0.05) is 25.0 Å². The van der Waals surface area contributed by atoms with Crippen molar-refractivity contribution < 1.29 is 9.59 Å². The molecule has 1 atom stereocenters. The minimum atomic E-state index is -0.427. The SMILES string of the molecule is C[C@@H](N)C(=O)N1CCC(NC(=O)C2CCCCC2)CC1. The second-order valence-electron chi connectivity index (χ2n) is 6.23. The van der Waals surface area contributed by atoms with Gasteiger partial charge in [0.15, 0.2) is 0 Å². The van der Waals surface area contributed by atoms with Crippen molar-refractivity contribution >= 4 is 11.8 Å².